The maximum absolute atomic E-state index is 12.9. The van der Waals surface area contributed by atoms with Crippen molar-refractivity contribution in [3.8, 4) is 5.75 Å². The number of carbonyl (C=O) groups excluding carboxylic acids is 1. The summed E-state index contributed by atoms with van der Waals surface area (Å²) in [6.07, 6.45) is 0. The first-order chi connectivity index (χ1) is 13.1. The fraction of sp³-hybridized carbons (Fsp3) is 0.381. The van der Waals surface area contributed by atoms with Gasteiger partial charge in [0.1, 0.15) is 5.75 Å². The molecule has 7 heteroatoms. The van der Waals surface area contributed by atoms with E-state index in [0.717, 1.165) is 22.4 Å². The topological polar surface area (TPSA) is 84.5 Å². The van der Waals surface area contributed by atoms with Crippen LogP contribution < -0.4 is 14.8 Å². The third kappa shape index (κ3) is 4.91. The number of ether oxygens (including phenoxy) is 1. The Kier molecular flexibility index (Phi) is 6.85. The van der Waals surface area contributed by atoms with Crippen LogP contribution in [0.1, 0.15) is 34.7 Å². The fourth-order valence-electron chi connectivity index (χ4n) is 3.01. The van der Waals surface area contributed by atoms with Gasteiger partial charge in [-0.2, -0.15) is 4.72 Å². The van der Waals surface area contributed by atoms with E-state index >= 15 is 0 Å². The van der Waals surface area contributed by atoms with Crippen molar-refractivity contribution in [2.75, 3.05) is 7.11 Å². The van der Waals surface area contributed by atoms with Gasteiger partial charge in [0.25, 0.3) is 0 Å². The molecule has 0 saturated heterocycles. The summed E-state index contributed by atoms with van der Waals surface area (Å²) in [5, 5.41) is 2.76. The molecule has 0 aliphatic rings. The van der Waals surface area contributed by atoms with Gasteiger partial charge in [0.2, 0.25) is 15.9 Å². The van der Waals surface area contributed by atoms with Crippen molar-refractivity contribution in [3.63, 3.8) is 0 Å². The molecule has 28 heavy (non-hydrogen) atoms. The Morgan fingerprint density at radius 1 is 1.04 bits per heavy atom. The molecular formula is C21H28N2O4S. The van der Waals surface area contributed by atoms with Gasteiger partial charge >= 0.3 is 0 Å². The largest absolute Gasteiger partial charge is 0.497 e. The zero-order valence-corrected chi connectivity index (χ0v) is 18.0. The molecule has 2 N–H and O–H groups in total. The summed E-state index contributed by atoms with van der Waals surface area (Å²) in [7, 11) is -2.24. The van der Waals surface area contributed by atoms with Crippen LogP contribution in [0.3, 0.4) is 0 Å². The minimum atomic E-state index is -3.83. The zero-order valence-electron chi connectivity index (χ0n) is 17.2. The molecule has 1 unspecified atom stereocenters. The van der Waals surface area contributed by atoms with E-state index in [1.807, 2.05) is 32.0 Å². The first-order valence-corrected chi connectivity index (χ1v) is 10.6. The van der Waals surface area contributed by atoms with Gasteiger partial charge in [-0.1, -0.05) is 18.2 Å². The van der Waals surface area contributed by atoms with E-state index in [0.29, 0.717) is 17.7 Å². The van der Waals surface area contributed by atoms with Gasteiger partial charge in [0, 0.05) is 6.54 Å². The van der Waals surface area contributed by atoms with E-state index in [1.165, 1.54) is 6.92 Å². The van der Waals surface area contributed by atoms with Crippen LogP contribution in [0.25, 0.3) is 0 Å². The number of aryl methyl sites for hydroxylation is 2. The van der Waals surface area contributed by atoms with Crippen molar-refractivity contribution >= 4 is 15.9 Å². The molecule has 2 aromatic rings. The van der Waals surface area contributed by atoms with E-state index in [1.54, 1.807) is 33.1 Å². The predicted molar refractivity (Wildman–Crippen MR) is 110 cm³/mol. The average molecular weight is 405 g/mol. The van der Waals surface area contributed by atoms with Crippen molar-refractivity contribution in [2.45, 2.75) is 52.1 Å². The summed E-state index contributed by atoms with van der Waals surface area (Å²) in [6, 6.07) is 8.36. The van der Waals surface area contributed by atoms with Crippen LogP contribution in [0, 0.1) is 27.7 Å². The van der Waals surface area contributed by atoms with Crippen molar-refractivity contribution in [2.24, 2.45) is 0 Å². The Morgan fingerprint density at radius 3 is 2.07 bits per heavy atom. The summed E-state index contributed by atoms with van der Waals surface area (Å²) in [6.45, 7) is 9.16. The molecule has 2 aromatic carbocycles. The minimum Gasteiger partial charge on any atom is -0.497 e. The monoisotopic (exact) mass is 404 g/mol. The molecule has 1 amide bonds. The molecule has 0 bridgehead atoms. The quantitative estimate of drug-likeness (QED) is 0.743. The molecule has 1 atom stereocenters. The van der Waals surface area contributed by atoms with Crippen LogP contribution >= 0.6 is 0 Å². The minimum absolute atomic E-state index is 0.250. The number of benzene rings is 2. The van der Waals surface area contributed by atoms with Crippen LogP contribution in [0.4, 0.5) is 0 Å². The lowest BCUT2D eigenvalue weighted by Crippen LogP contribution is -2.44. The lowest BCUT2D eigenvalue weighted by molar-refractivity contribution is -0.122. The summed E-state index contributed by atoms with van der Waals surface area (Å²) < 4.78 is 33.5. The predicted octanol–water partition coefficient (Wildman–Crippen LogP) is 2.91. The number of amides is 1. The van der Waals surface area contributed by atoms with Gasteiger partial charge in [0.15, 0.2) is 0 Å². The second kappa shape index (κ2) is 8.75. The van der Waals surface area contributed by atoms with E-state index < -0.39 is 16.1 Å². The highest BCUT2D eigenvalue weighted by atomic mass is 32.2. The molecule has 2 rings (SSSR count). The van der Waals surface area contributed by atoms with Crippen LogP contribution in [0.15, 0.2) is 35.2 Å². The van der Waals surface area contributed by atoms with E-state index in [4.69, 9.17) is 4.74 Å². The molecular weight excluding hydrogens is 376 g/mol. The standard InChI is InChI=1S/C21H28N2O4S/c1-13-11-14(2)16(4)20(15(13)3)28(25,26)23-17(5)21(24)22-12-18-7-9-19(27-6)10-8-18/h7-11,17,23H,12H2,1-6H3,(H,22,24). The molecule has 0 heterocycles. The highest BCUT2D eigenvalue weighted by Gasteiger charge is 2.26. The van der Waals surface area contributed by atoms with Gasteiger partial charge < -0.3 is 10.1 Å². The first kappa shape index (κ1) is 21.9. The summed E-state index contributed by atoms with van der Waals surface area (Å²) in [4.78, 5) is 12.6. The zero-order chi connectivity index (χ0) is 21.1. The SMILES string of the molecule is COc1ccc(CNC(=O)C(C)NS(=O)(=O)c2c(C)c(C)cc(C)c2C)cc1. The second-order valence-electron chi connectivity index (χ2n) is 7.00. The Bertz CT molecular complexity index is 941. The fourth-order valence-corrected chi connectivity index (χ4v) is 4.83. The van der Waals surface area contributed by atoms with Gasteiger partial charge in [-0.3, -0.25) is 4.79 Å². The Balaban J connectivity index is 2.10. The number of rotatable bonds is 7. The molecule has 0 saturated carbocycles. The number of methoxy groups -OCH3 is 1. The maximum atomic E-state index is 12.9. The number of carbonyl (C=O) groups is 1. The number of nitrogens with one attached hydrogen (secondary N) is 2. The summed E-state index contributed by atoms with van der Waals surface area (Å²) in [5.41, 5.74) is 4.09. The second-order valence-corrected chi connectivity index (χ2v) is 8.65. The number of hydrogen-bond donors (Lipinski definition) is 2. The molecule has 0 aromatic heterocycles. The third-order valence-electron chi connectivity index (χ3n) is 4.92. The Labute approximate surface area is 167 Å². The third-order valence-corrected chi connectivity index (χ3v) is 6.73. The molecule has 0 spiro atoms. The molecule has 152 valence electrons. The highest BCUT2D eigenvalue weighted by Crippen LogP contribution is 2.26. The smallest absolute Gasteiger partial charge is 0.241 e. The molecule has 0 radical (unpaired) electrons. The summed E-state index contributed by atoms with van der Waals surface area (Å²) in [5.74, 6) is 0.342. The first-order valence-electron chi connectivity index (χ1n) is 9.07. The van der Waals surface area contributed by atoms with E-state index in [9.17, 15) is 13.2 Å². The van der Waals surface area contributed by atoms with Gasteiger partial charge in [-0.15, -0.1) is 0 Å². The molecule has 0 fully saturated rings. The molecule has 0 aliphatic heterocycles. The lowest BCUT2D eigenvalue weighted by atomic mass is 10.0. The Hall–Kier alpha value is -2.38. The lowest BCUT2D eigenvalue weighted by Gasteiger charge is -2.19. The molecule has 6 nitrogen and oxygen atoms in total. The van der Waals surface area contributed by atoms with Crippen LogP contribution in [0.2, 0.25) is 0 Å². The number of sulfonamides is 1. The normalized spacial score (nSPS) is 12.5. The average Bonchev–Trinajstić information content (AvgIpc) is 2.64. The van der Waals surface area contributed by atoms with Gasteiger partial charge in [0.05, 0.1) is 18.0 Å². The van der Waals surface area contributed by atoms with Gasteiger partial charge in [-0.25, -0.2) is 8.42 Å². The number of hydrogen-bond acceptors (Lipinski definition) is 4. The molecule has 0 aliphatic carbocycles. The van der Waals surface area contributed by atoms with Crippen molar-refractivity contribution in [1.29, 1.82) is 0 Å². The Morgan fingerprint density at radius 2 is 1.57 bits per heavy atom. The van der Waals surface area contributed by atoms with Crippen molar-refractivity contribution < 1.29 is 17.9 Å². The van der Waals surface area contributed by atoms with Crippen molar-refractivity contribution in [1.82, 2.24) is 10.0 Å². The van der Waals surface area contributed by atoms with Crippen molar-refractivity contribution in [3.05, 3.63) is 58.1 Å². The van der Waals surface area contributed by atoms with E-state index in [-0.39, 0.29) is 10.8 Å². The maximum Gasteiger partial charge on any atom is 0.241 e. The summed E-state index contributed by atoms with van der Waals surface area (Å²) >= 11 is 0. The van der Waals surface area contributed by atoms with Gasteiger partial charge in [-0.05, 0) is 74.6 Å². The van der Waals surface area contributed by atoms with Crippen LogP contribution in [-0.4, -0.2) is 27.5 Å². The van der Waals surface area contributed by atoms with Crippen LogP contribution in [-0.2, 0) is 21.4 Å². The highest BCUT2D eigenvalue weighted by molar-refractivity contribution is 7.89. The van der Waals surface area contributed by atoms with E-state index in [2.05, 4.69) is 10.0 Å². The van der Waals surface area contributed by atoms with Crippen LogP contribution in [0.5, 0.6) is 5.75 Å².